The molecule has 1 aromatic carbocycles. The Balaban J connectivity index is 2.73. The molecule has 0 aliphatic rings. The predicted octanol–water partition coefficient (Wildman–Crippen LogP) is 1.45. The predicted molar refractivity (Wildman–Crippen MR) is 56.5 cm³/mol. The zero-order valence-corrected chi connectivity index (χ0v) is 9.80. The summed E-state index contributed by atoms with van der Waals surface area (Å²) in [6, 6.07) is 1.23. The molecule has 4 nitrogen and oxygen atoms in total. The van der Waals surface area contributed by atoms with Gasteiger partial charge in [-0.05, 0) is 12.1 Å². The first-order valence-corrected chi connectivity index (χ1v) is 4.98. The lowest BCUT2D eigenvalue weighted by atomic mass is 10.2. The van der Waals surface area contributed by atoms with Crippen LogP contribution < -0.4 is 5.32 Å². The van der Waals surface area contributed by atoms with Gasteiger partial charge in [0.1, 0.15) is 0 Å². The fourth-order valence-electron chi connectivity index (χ4n) is 1.23. The topological polar surface area (TPSA) is 47.6 Å². The quantitative estimate of drug-likeness (QED) is 0.646. The van der Waals surface area contributed by atoms with E-state index in [2.05, 4.69) is 5.32 Å². The lowest BCUT2D eigenvalue weighted by molar-refractivity contribution is -0.0974. The maximum absolute atomic E-state index is 12.9. The number of ether oxygens (including phenoxy) is 2. The van der Waals surface area contributed by atoms with E-state index in [1.807, 2.05) is 0 Å². The van der Waals surface area contributed by atoms with Gasteiger partial charge >= 0.3 is 0 Å². The molecule has 0 fully saturated rings. The van der Waals surface area contributed by atoms with Crippen molar-refractivity contribution in [1.29, 1.82) is 0 Å². The van der Waals surface area contributed by atoms with E-state index in [1.165, 1.54) is 14.2 Å². The van der Waals surface area contributed by atoms with Gasteiger partial charge < -0.3 is 14.8 Å². The number of benzene rings is 1. The third-order valence-corrected chi connectivity index (χ3v) is 2.20. The zero-order valence-electron chi connectivity index (χ0n) is 9.80. The van der Waals surface area contributed by atoms with E-state index in [-0.39, 0.29) is 12.1 Å². The number of carbonyl (C=O) groups excluding carboxylic acids is 1. The summed E-state index contributed by atoms with van der Waals surface area (Å²) in [5.74, 6) is -5.21. The molecule has 0 saturated heterocycles. The second-order valence-electron chi connectivity index (χ2n) is 3.36. The van der Waals surface area contributed by atoms with Crippen LogP contribution in [0.25, 0.3) is 0 Å². The number of hydrogen-bond donors (Lipinski definition) is 1. The summed E-state index contributed by atoms with van der Waals surface area (Å²) in [6.45, 7) is -0.00749. The smallest absolute Gasteiger partial charge is 0.251 e. The van der Waals surface area contributed by atoms with Gasteiger partial charge in [0.2, 0.25) is 0 Å². The van der Waals surface area contributed by atoms with Gasteiger partial charge in [-0.15, -0.1) is 0 Å². The monoisotopic (exact) mass is 263 g/mol. The highest BCUT2D eigenvalue weighted by molar-refractivity contribution is 5.94. The number of hydrogen-bond acceptors (Lipinski definition) is 3. The molecule has 1 rings (SSSR count). The van der Waals surface area contributed by atoms with Crippen LogP contribution in [0.2, 0.25) is 0 Å². The first-order chi connectivity index (χ1) is 8.49. The number of carbonyl (C=O) groups is 1. The van der Waals surface area contributed by atoms with Crippen LogP contribution in [0.5, 0.6) is 0 Å². The van der Waals surface area contributed by atoms with Crippen LogP contribution in [0.15, 0.2) is 12.1 Å². The Morgan fingerprint density at radius 2 is 1.72 bits per heavy atom. The van der Waals surface area contributed by atoms with E-state index in [4.69, 9.17) is 9.47 Å². The van der Waals surface area contributed by atoms with Gasteiger partial charge in [0.15, 0.2) is 23.7 Å². The minimum absolute atomic E-state index is 0.00749. The zero-order chi connectivity index (χ0) is 13.7. The van der Waals surface area contributed by atoms with Crippen LogP contribution in [-0.2, 0) is 9.47 Å². The fraction of sp³-hybridized carbons (Fsp3) is 0.364. The highest BCUT2D eigenvalue weighted by Gasteiger charge is 2.16. The van der Waals surface area contributed by atoms with Gasteiger partial charge in [0.25, 0.3) is 5.91 Å². The third-order valence-electron chi connectivity index (χ3n) is 2.20. The standard InChI is InChI=1S/C11H12F3NO3/c1-17-9(18-2)5-15-11(16)6-3-7(12)10(14)8(13)4-6/h3-4,9H,5H2,1-2H3,(H,15,16). The van der Waals surface area contributed by atoms with Crippen molar-refractivity contribution in [2.75, 3.05) is 20.8 Å². The highest BCUT2D eigenvalue weighted by atomic mass is 19.2. The molecule has 0 atom stereocenters. The lowest BCUT2D eigenvalue weighted by Gasteiger charge is -2.14. The van der Waals surface area contributed by atoms with Crippen LogP contribution >= 0.6 is 0 Å². The van der Waals surface area contributed by atoms with E-state index in [0.717, 1.165) is 0 Å². The molecular formula is C11H12F3NO3. The Kier molecular flexibility index (Phi) is 5.11. The molecule has 18 heavy (non-hydrogen) atoms. The largest absolute Gasteiger partial charge is 0.354 e. The minimum atomic E-state index is -1.61. The van der Waals surface area contributed by atoms with Gasteiger partial charge in [-0.2, -0.15) is 0 Å². The highest BCUT2D eigenvalue weighted by Crippen LogP contribution is 2.13. The fourth-order valence-corrected chi connectivity index (χ4v) is 1.23. The van der Waals surface area contributed by atoms with Crippen LogP contribution in [0, 0.1) is 17.5 Å². The number of nitrogens with one attached hydrogen (secondary N) is 1. The summed E-state index contributed by atoms with van der Waals surface area (Å²) in [4.78, 5) is 11.5. The summed E-state index contributed by atoms with van der Waals surface area (Å²) in [5.41, 5.74) is -0.322. The van der Waals surface area contributed by atoms with Crippen molar-refractivity contribution in [3.63, 3.8) is 0 Å². The van der Waals surface area contributed by atoms with Gasteiger partial charge in [-0.25, -0.2) is 13.2 Å². The van der Waals surface area contributed by atoms with Crippen LogP contribution in [0.1, 0.15) is 10.4 Å². The molecule has 0 radical (unpaired) electrons. The first kappa shape index (κ1) is 14.5. The Bertz CT molecular complexity index is 413. The molecule has 7 heteroatoms. The van der Waals surface area contributed by atoms with Crippen LogP contribution in [-0.4, -0.2) is 33.0 Å². The maximum Gasteiger partial charge on any atom is 0.251 e. The summed E-state index contributed by atoms with van der Waals surface area (Å²) in [7, 11) is 2.75. The molecule has 0 heterocycles. The van der Waals surface area contributed by atoms with Gasteiger partial charge in [-0.1, -0.05) is 0 Å². The lowest BCUT2D eigenvalue weighted by Crippen LogP contribution is -2.34. The normalized spacial score (nSPS) is 10.8. The summed E-state index contributed by atoms with van der Waals surface area (Å²) in [6.07, 6.45) is -0.677. The average Bonchev–Trinajstić information content (AvgIpc) is 2.36. The minimum Gasteiger partial charge on any atom is -0.354 e. The molecule has 1 aromatic rings. The van der Waals surface area contributed by atoms with E-state index < -0.39 is 29.6 Å². The third kappa shape index (κ3) is 3.44. The van der Waals surface area contributed by atoms with E-state index in [0.29, 0.717) is 12.1 Å². The van der Waals surface area contributed by atoms with E-state index in [1.54, 1.807) is 0 Å². The van der Waals surface area contributed by atoms with Crippen molar-refractivity contribution in [3.05, 3.63) is 35.1 Å². The van der Waals surface area contributed by atoms with Crippen molar-refractivity contribution in [1.82, 2.24) is 5.32 Å². The Hall–Kier alpha value is -1.60. The number of halogens is 3. The molecular weight excluding hydrogens is 251 g/mol. The molecule has 0 unspecified atom stereocenters. The molecule has 0 aliphatic heterocycles. The average molecular weight is 263 g/mol. The van der Waals surface area contributed by atoms with Gasteiger partial charge in [0.05, 0.1) is 6.54 Å². The molecule has 0 spiro atoms. The molecule has 100 valence electrons. The maximum atomic E-state index is 12.9. The molecule has 1 amide bonds. The second kappa shape index (κ2) is 6.36. The van der Waals surface area contributed by atoms with E-state index >= 15 is 0 Å². The number of rotatable bonds is 5. The molecule has 0 bridgehead atoms. The van der Waals surface area contributed by atoms with Crippen molar-refractivity contribution < 1.29 is 27.4 Å². The van der Waals surface area contributed by atoms with Crippen molar-refractivity contribution in [2.45, 2.75) is 6.29 Å². The molecule has 0 aromatic heterocycles. The van der Waals surface area contributed by atoms with Crippen molar-refractivity contribution >= 4 is 5.91 Å². The second-order valence-corrected chi connectivity index (χ2v) is 3.36. The summed E-state index contributed by atoms with van der Waals surface area (Å²) < 4.78 is 48.1. The van der Waals surface area contributed by atoms with E-state index in [9.17, 15) is 18.0 Å². The van der Waals surface area contributed by atoms with Gasteiger partial charge in [0, 0.05) is 19.8 Å². The first-order valence-electron chi connectivity index (χ1n) is 4.98. The Morgan fingerprint density at radius 3 is 2.17 bits per heavy atom. The summed E-state index contributed by atoms with van der Waals surface area (Å²) >= 11 is 0. The van der Waals surface area contributed by atoms with Crippen LogP contribution in [0.4, 0.5) is 13.2 Å². The van der Waals surface area contributed by atoms with Gasteiger partial charge in [-0.3, -0.25) is 4.79 Å². The molecule has 0 saturated carbocycles. The van der Waals surface area contributed by atoms with Crippen molar-refractivity contribution in [3.8, 4) is 0 Å². The SMILES string of the molecule is COC(CNC(=O)c1cc(F)c(F)c(F)c1)OC. The number of amides is 1. The van der Waals surface area contributed by atoms with Crippen LogP contribution in [0.3, 0.4) is 0 Å². The number of methoxy groups -OCH3 is 2. The molecule has 0 aliphatic carbocycles. The molecule has 1 N–H and O–H groups in total. The summed E-state index contributed by atoms with van der Waals surface area (Å²) in [5, 5.41) is 2.33. The van der Waals surface area contributed by atoms with Crippen molar-refractivity contribution in [2.24, 2.45) is 0 Å². The Morgan fingerprint density at radius 1 is 1.22 bits per heavy atom. The Labute approximate surface area is 102 Å².